The Morgan fingerprint density at radius 2 is 2.26 bits per heavy atom. The van der Waals surface area contributed by atoms with E-state index in [4.69, 9.17) is 15.0 Å². The molecule has 19 heavy (non-hydrogen) atoms. The van der Waals surface area contributed by atoms with E-state index >= 15 is 0 Å². The summed E-state index contributed by atoms with van der Waals surface area (Å²) in [6.45, 7) is 0.153. The average Bonchev–Trinajstić information content (AvgIpc) is 2.93. The van der Waals surface area contributed by atoms with Crippen LogP contribution in [-0.2, 0) is 6.61 Å². The summed E-state index contributed by atoms with van der Waals surface area (Å²) in [4.78, 5) is 21.8. The summed E-state index contributed by atoms with van der Waals surface area (Å²) in [5.74, 6) is 5.60. The van der Waals surface area contributed by atoms with Gasteiger partial charge in [-0.3, -0.25) is 15.0 Å². The van der Waals surface area contributed by atoms with E-state index in [1.807, 2.05) is 5.43 Å². The Hall–Kier alpha value is -2.60. The molecule has 1 aromatic carbocycles. The molecule has 0 aliphatic heterocycles. The molecule has 0 atom stereocenters. The van der Waals surface area contributed by atoms with Gasteiger partial charge in [0, 0.05) is 5.56 Å². The second kappa shape index (κ2) is 5.83. The van der Waals surface area contributed by atoms with Crippen molar-refractivity contribution in [2.75, 3.05) is 0 Å². The topological polar surface area (TPSA) is 94.6 Å². The Morgan fingerprint density at radius 1 is 1.42 bits per heavy atom. The molecule has 1 amide bonds. The number of benzene rings is 1. The fourth-order valence-corrected chi connectivity index (χ4v) is 1.49. The molecular formula is C13H12N2O4. The van der Waals surface area contributed by atoms with E-state index in [1.54, 1.807) is 24.3 Å². The minimum Gasteiger partial charge on any atom is -0.486 e. The lowest BCUT2D eigenvalue weighted by molar-refractivity contribution is 0.0952. The van der Waals surface area contributed by atoms with Crippen LogP contribution in [0.25, 0.3) is 0 Å². The van der Waals surface area contributed by atoms with E-state index in [2.05, 4.69) is 0 Å². The van der Waals surface area contributed by atoms with E-state index in [0.717, 1.165) is 6.29 Å². The second-order valence-electron chi connectivity index (χ2n) is 3.75. The predicted molar refractivity (Wildman–Crippen MR) is 66.5 cm³/mol. The van der Waals surface area contributed by atoms with E-state index in [0.29, 0.717) is 22.6 Å². The number of hydrogen-bond donors (Lipinski definition) is 2. The first-order valence-corrected chi connectivity index (χ1v) is 5.49. The molecule has 2 aromatic rings. The first kappa shape index (κ1) is 12.8. The van der Waals surface area contributed by atoms with Crippen LogP contribution < -0.4 is 16.0 Å². The third-order valence-electron chi connectivity index (χ3n) is 2.42. The van der Waals surface area contributed by atoms with Crippen LogP contribution in [0, 0.1) is 0 Å². The number of nitrogen functional groups attached to an aromatic ring is 1. The Morgan fingerprint density at radius 3 is 3.00 bits per heavy atom. The van der Waals surface area contributed by atoms with Gasteiger partial charge >= 0.3 is 0 Å². The molecule has 0 saturated carbocycles. The number of ether oxygens (including phenoxy) is 1. The summed E-state index contributed by atoms with van der Waals surface area (Å²) in [5, 5.41) is 0. The molecule has 1 aromatic heterocycles. The molecule has 1 heterocycles. The fourth-order valence-electron chi connectivity index (χ4n) is 1.49. The van der Waals surface area contributed by atoms with Gasteiger partial charge in [0.1, 0.15) is 30.7 Å². The van der Waals surface area contributed by atoms with Gasteiger partial charge in [-0.2, -0.15) is 0 Å². The van der Waals surface area contributed by atoms with Crippen molar-refractivity contribution in [3.63, 3.8) is 0 Å². The number of rotatable bonds is 5. The molecule has 0 aliphatic rings. The number of carbonyl (C=O) groups excluding carboxylic acids is 2. The third-order valence-corrected chi connectivity index (χ3v) is 2.42. The number of carbonyl (C=O) groups is 2. The summed E-state index contributed by atoms with van der Waals surface area (Å²) in [7, 11) is 0. The lowest BCUT2D eigenvalue weighted by Crippen LogP contribution is -2.29. The monoisotopic (exact) mass is 260 g/mol. The van der Waals surface area contributed by atoms with Crippen molar-refractivity contribution >= 4 is 12.2 Å². The van der Waals surface area contributed by atoms with Gasteiger partial charge in [0.05, 0.1) is 5.56 Å². The molecule has 6 heteroatoms. The molecule has 0 saturated heterocycles. The maximum atomic E-state index is 11.2. The normalized spacial score (nSPS) is 9.95. The number of aldehydes is 1. The molecule has 6 nitrogen and oxygen atoms in total. The molecular weight excluding hydrogens is 248 g/mol. The highest BCUT2D eigenvalue weighted by Gasteiger charge is 2.09. The molecule has 0 bridgehead atoms. The Kier molecular flexibility index (Phi) is 3.94. The van der Waals surface area contributed by atoms with Crippen molar-refractivity contribution in [3.05, 3.63) is 53.5 Å². The zero-order valence-electron chi connectivity index (χ0n) is 9.96. The van der Waals surface area contributed by atoms with Gasteiger partial charge in [0.25, 0.3) is 5.91 Å². The number of furan rings is 1. The van der Waals surface area contributed by atoms with Gasteiger partial charge in [-0.05, 0) is 18.2 Å². The van der Waals surface area contributed by atoms with Crippen LogP contribution in [0.3, 0.4) is 0 Å². The highest BCUT2D eigenvalue weighted by molar-refractivity contribution is 5.93. The van der Waals surface area contributed by atoms with E-state index in [1.165, 1.54) is 12.3 Å². The number of amides is 1. The average molecular weight is 260 g/mol. The van der Waals surface area contributed by atoms with Crippen LogP contribution in [0.1, 0.15) is 26.5 Å². The van der Waals surface area contributed by atoms with Gasteiger partial charge in [-0.25, -0.2) is 5.84 Å². The van der Waals surface area contributed by atoms with Crippen LogP contribution in [0.4, 0.5) is 0 Å². The predicted octanol–water partition coefficient (Wildman–Crippen LogP) is 1.27. The zero-order chi connectivity index (χ0) is 13.7. The van der Waals surface area contributed by atoms with Crippen LogP contribution in [0.5, 0.6) is 5.75 Å². The summed E-state index contributed by atoms with van der Waals surface area (Å²) >= 11 is 0. The summed E-state index contributed by atoms with van der Waals surface area (Å²) in [6, 6.07) is 8.27. The van der Waals surface area contributed by atoms with Gasteiger partial charge in [-0.15, -0.1) is 0 Å². The molecule has 3 N–H and O–H groups in total. The van der Waals surface area contributed by atoms with Gasteiger partial charge in [-0.1, -0.05) is 12.1 Å². The van der Waals surface area contributed by atoms with Crippen molar-refractivity contribution in [1.29, 1.82) is 0 Å². The molecule has 0 unspecified atom stereocenters. The minimum atomic E-state index is -0.432. The Balaban J connectivity index is 2.00. The fraction of sp³-hybridized carbons (Fsp3) is 0.0769. The second-order valence-corrected chi connectivity index (χ2v) is 3.75. The molecule has 0 spiro atoms. The maximum absolute atomic E-state index is 11.2. The van der Waals surface area contributed by atoms with Crippen LogP contribution in [0.15, 0.2) is 41.0 Å². The van der Waals surface area contributed by atoms with Gasteiger partial charge in [0.2, 0.25) is 0 Å². The lowest BCUT2D eigenvalue weighted by Gasteiger charge is -2.03. The largest absolute Gasteiger partial charge is 0.486 e. The van der Waals surface area contributed by atoms with Crippen molar-refractivity contribution < 1.29 is 18.7 Å². The van der Waals surface area contributed by atoms with Gasteiger partial charge < -0.3 is 9.15 Å². The van der Waals surface area contributed by atoms with E-state index in [9.17, 15) is 9.59 Å². The van der Waals surface area contributed by atoms with Crippen molar-refractivity contribution in [2.45, 2.75) is 6.61 Å². The van der Waals surface area contributed by atoms with Crippen molar-refractivity contribution in [2.24, 2.45) is 5.84 Å². The number of nitrogens with one attached hydrogen (secondary N) is 1. The smallest absolute Gasteiger partial charge is 0.268 e. The molecule has 98 valence electrons. The standard InChI is InChI=1S/C13H12N2O4/c14-15-13(17)10-5-12(18-7-10)8-19-11-3-1-2-9(4-11)6-16/h1-7H,8,14H2,(H,15,17). The van der Waals surface area contributed by atoms with Crippen molar-refractivity contribution in [3.8, 4) is 5.75 Å². The first-order chi connectivity index (χ1) is 9.22. The lowest BCUT2D eigenvalue weighted by atomic mass is 10.2. The summed E-state index contributed by atoms with van der Waals surface area (Å²) < 4.78 is 10.6. The number of hydrogen-bond acceptors (Lipinski definition) is 5. The molecule has 0 radical (unpaired) electrons. The van der Waals surface area contributed by atoms with E-state index < -0.39 is 5.91 Å². The molecule has 0 aliphatic carbocycles. The Labute approximate surface area is 109 Å². The Bertz CT molecular complexity index is 592. The quantitative estimate of drug-likeness (QED) is 0.365. The minimum absolute atomic E-state index is 0.153. The molecule has 0 fully saturated rings. The summed E-state index contributed by atoms with van der Waals surface area (Å²) in [6.07, 6.45) is 2.03. The van der Waals surface area contributed by atoms with Crippen LogP contribution >= 0.6 is 0 Å². The van der Waals surface area contributed by atoms with Crippen LogP contribution in [-0.4, -0.2) is 12.2 Å². The summed E-state index contributed by atoms with van der Waals surface area (Å²) in [5.41, 5.74) is 2.85. The van der Waals surface area contributed by atoms with Gasteiger partial charge in [0.15, 0.2) is 0 Å². The third kappa shape index (κ3) is 3.20. The first-order valence-electron chi connectivity index (χ1n) is 5.49. The van der Waals surface area contributed by atoms with E-state index in [-0.39, 0.29) is 6.61 Å². The number of nitrogens with two attached hydrogens (primary N) is 1. The maximum Gasteiger partial charge on any atom is 0.268 e. The molecule has 2 rings (SSSR count). The zero-order valence-corrected chi connectivity index (χ0v) is 9.96. The highest BCUT2D eigenvalue weighted by atomic mass is 16.5. The van der Waals surface area contributed by atoms with Crippen LogP contribution in [0.2, 0.25) is 0 Å². The SMILES string of the molecule is NNC(=O)c1coc(COc2cccc(C=O)c2)c1. The number of hydrazine groups is 1. The highest BCUT2D eigenvalue weighted by Crippen LogP contribution is 2.15. The van der Waals surface area contributed by atoms with Crippen molar-refractivity contribution in [1.82, 2.24) is 5.43 Å².